The maximum atomic E-state index is 12.8. The van der Waals surface area contributed by atoms with Gasteiger partial charge in [-0.2, -0.15) is 0 Å². The Bertz CT molecular complexity index is 3320. The molecule has 0 saturated carbocycles. The molecular formula is C78H96K6N4O16. The van der Waals surface area contributed by atoms with Crippen LogP contribution in [-0.2, 0) is 19.2 Å². The molecule has 2 aliphatic rings. The molecule has 20 nitrogen and oxygen atoms in total. The van der Waals surface area contributed by atoms with E-state index in [9.17, 15) is 59.4 Å². The van der Waals surface area contributed by atoms with E-state index in [1.54, 1.807) is 0 Å². The van der Waals surface area contributed by atoms with Gasteiger partial charge in [-0.05, 0) is 162 Å². The summed E-state index contributed by atoms with van der Waals surface area (Å²) in [5.41, 5.74) is 6.76. The molecule has 0 radical (unpaired) electrons. The summed E-state index contributed by atoms with van der Waals surface area (Å²) in [6.45, 7) is 1.08. The third kappa shape index (κ3) is 39.3. The van der Waals surface area contributed by atoms with E-state index in [0.717, 1.165) is 154 Å². The van der Waals surface area contributed by atoms with Gasteiger partial charge in [-0.15, -0.1) is 0 Å². The number of benzene rings is 2. The van der Waals surface area contributed by atoms with E-state index in [1.165, 1.54) is 24.3 Å². The molecule has 5 heterocycles. The molecule has 0 spiro atoms. The first-order valence-electron chi connectivity index (χ1n) is 35.8. The smallest absolute Gasteiger partial charge is 0.550 e. The Morgan fingerprint density at radius 1 is 0.288 bits per heavy atom. The van der Waals surface area contributed by atoms with Crippen molar-refractivity contribution in [2.24, 2.45) is 0 Å². The first-order chi connectivity index (χ1) is 47.6. The number of hydrogen-bond acceptors (Lipinski definition) is 18. The van der Waals surface area contributed by atoms with Crippen molar-refractivity contribution in [3.63, 3.8) is 0 Å². The molecule has 0 aliphatic carbocycles. The number of aromatic amines is 2. The van der Waals surface area contributed by atoms with E-state index < -0.39 is 35.8 Å². The molecule has 8 bridgehead atoms. The number of nitrogens with one attached hydrogen (secondary N) is 2. The van der Waals surface area contributed by atoms with E-state index >= 15 is 0 Å². The Kier molecular flexibility index (Phi) is 59.8. The topological polar surface area (TPSA) is 335 Å². The number of ether oxygens (including phenoxy) is 4. The molecular weight excluding hydrogens is 1480 g/mol. The molecule has 0 atom stereocenters. The molecule has 0 saturated heterocycles. The molecule has 2 aliphatic heterocycles. The fraction of sp³-hybridized carbons (Fsp3) is 0.513. The van der Waals surface area contributed by atoms with Crippen molar-refractivity contribution >= 4 is 82.2 Å². The Hall–Kier alpha value is 0.878. The number of carbonyl (C=O) groups excluding carboxylic acids is 6. The Balaban J connectivity index is 0.00000901. The zero-order valence-electron chi connectivity index (χ0n) is 62.8. The fourth-order valence-electron chi connectivity index (χ4n) is 12.4. The molecule has 2 aromatic carbocycles. The maximum absolute atomic E-state index is 12.8. The normalized spacial score (nSPS) is 11.0. The number of aromatic nitrogens is 4. The predicted octanol–water partition coefficient (Wildman–Crippen LogP) is -6.70. The van der Waals surface area contributed by atoms with Crippen molar-refractivity contribution in [2.75, 3.05) is 26.4 Å². The number of aromatic carboxylic acids is 2. The average Bonchev–Trinajstić information content (AvgIpc) is 1.50. The van der Waals surface area contributed by atoms with Gasteiger partial charge in [-0.3, -0.25) is 0 Å². The molecule has 530 valence electrons. The van der Waals surface area contributed by atoms with Gasteiger partial charge in [0.05, 0.1) is 72.3 Å². The summed E-state index contributed by atoms with van der Waals surface area (Å²) in [7, 11) is 0. The Morgan fingerprint density at radius 2 is 0.519 bits per heavy atom. The van der Waals surface area contributed by atoms with Crippen LogP contribution in [0.3, 0.4) is 0 Å². The van der Waals surface area contributed by atoms with Crippen LogP contribution in [0.4, 0.5) is 0 Å². The quantitative estimate of drug-likeness (QED) is 0.0264. The molecule has 3 aromatic heterocycles. The number of carbonyl (C=O) groups is 6. The first kappa shape index (κ1) is 103. The van der Waals surface area contributed by atoms with Crippen LogP contribution in [0.2, 0.25) is 0 Å². The average molecular weight is 1580 g/mol. The molecule has 0 amide bonds. The van der Waals surface area contributed by atoms with Crippen molar-refractivity contribution < 1.29 is 387 Å². The summed E-state index contributed by atoms with van der Waals surface area (Å²) in [5, 5.41) is 69.1. The minimum atomic E-state index is -1.40. The van der Waals surface area contributed by atoms with Crippen LogP contribution in [0.1, 0.15) is 275 Å². The van der Waals surface area contributed by atoms with Gasteiger partial charge in [-0.1, -0.05) is 154 Å². The van der Waals surface area contributed by atoms with Gasteiger partial charge in [0.2, 0.25) is 0 Å². The third-order valence-electron chi connectivity index (χ3n) is 17.6. The van der Waals surface area contributed by atoms with Crippen molar-refractivity contribution in [1.82, 2.24) is 19.9 Å². The minimum absolute atomic E-state index is 0. The van der Waals surface area contributed by atoms with Gasteiger partial charge in [0.15, 0.2) is 0 Å². The Labute approximate surface area is 868 Å². The number of hydrogen-bond donors (Lipinski definition) is 2. The number of aliphatic carboxylic acids is 4. The second-order valence-corrected chi connectivity index (χ2v) is 25.7. The molecule has 26 heteroatoms. The second kappa shape index (κ2) is 60.4. The van der Waals surface area contributed by atoms with Crippen molar-refractivity contribution in [2.45, 2.75) is 231 Å². The van der Waals surface area contributed by atoms with E-state index in [2.05, 4.69) is 9.97 Å². The van der Waals surface area contributed by atoms with Gasteiger partial charge < -0.3 is 88.3 Å². The fourth-order valence-corrected chi connectivity index (χ4v) is 12.4. The van der Waals surface area contributed by atoms with Gasteiger partial charge in [0, 0.05) is 68.2 Å². The molecule has 0 unspecified atom stereocenters. The van der Waals surface area contributed by atoms with Gasteiger partial charge in [-0.25, -0.2) is 9.97 Å². The standard InChI is InChI=1S/C78H102N4O16.6K/c83-69(84)33-25-17-9-1-5-13-21-29-45-95-65-49-55(77(91)92)50-66(96-46-30-22-14-6-2-10-18-26-34-70(85)86)75(65)73-61-41-37-57(79-61)53-59-39-43-63(81-59)74(64-44-40-60(82-64)54-58-38-42-62(73)80-58)76-67(97-47-31-23-15-7-3-11-19-27-35-71(87)88)51-56(78(93)94)52-68(76)98-48-32-24-16-8-4-12-20-28-36-72(89)90;;;;;;/h37-44,49-54,79,82H,1-36,45-48H2,(H,83,84)(H,85,86)(H,87,88)(H,89,90)(H,91,92)(H,93,94);;;;;;/q;6*+1/p-6. The van der Waals surface area contributed by atoms with Gasteiger partial charge in [0.25, 0.3) is 0 Å². The number of H-pyrrole nitrogens is 2. The summed E-state index contributed by atoms with van der Waals surface area (Å²) in [6, 6.07) is 17.4. The largest absolute Gasteiger partial charge is 1.00 e. The molecule has 2 N–H and O–H groups in total. The first-order valence-corrected chi connectivity index (χ1v) is 35.8. The number of rotatable bonds is 52. The van der Waals surface area contributed by atoms with E-state index in [4.69, 9.17) is 28.9 Å². The van der Waals surface area contributed by atoms with Crippen LogP contribution < -0.4 is 358 Å². The third-order valence-corrected chi connectivity index (χ3v) is 17.6. The van der Waals surface area contributed by atoms with E-state index in [-0.39, 0.29) is 395 Å². The second-order valence-electron chi connectivity index (χ2n) is 25.7. The zero-order chi connectivity index (χ0) is 69.7. The monoisotopic (exact) mass is 1580 g/mol. The number of fused-ring (bicyclic) bond motifs is 8. The van der Waals surface area contributed by atoms with Gasteiger partial charge >= 0.3 is 308 Å². The van der Waals surface area contributed by atoms with Crippen LogP contribution in [0, 0.1) is 0 Å². The molecule has 5 aromatic rings. The molecule has 0 fully saturated rings. The van der Waals surface area contributed by atoms with Crippen molar-refractivity contribution in [3.8, 4) is 45.3 Å². The number of unbranched alkanes of at least 4 members (excludes halogenated alkanes) is 28. The molecule has 104 heavy (non-hydrogen) atoms. The van der Waals surface area contributed by atoms with E-state index in [0.29, 0.717) is 118 Å². The van der Waals surface area contributed by atoms with Crippen molar-refractivity contribution in [3.05, 3.63) is 94.6 Å². The number of carboxylic acid groups (broad SMARTS) is 6. The number of nitrogens with zero attached hydrogens (tertiary/aromatic N) is 2. The predicted molar refractivity (Wildman–Crippen MR) is 367 cm³/mol. The molecule has 7 rings (SSSR count). The van der Waals surface area contributed by atoms with Gasteiger partial charge in [0.1, 0.15) is 23.0 Å². The summed E-state index contributed by atoms with van der Waals surface area (Å²) in [5.74, 6) is -5.81. The SMILES string of the molecule is O=C([O-])CCCCCCCCCCOc1cc(C(=O)[O-])cc(OCCCCCCCCCCC(=O)[O-])c1-c1c2nc(cc3ccc([nH]3)c(-c3c(OCCCCCCCCCCC(=O)[O-])cc(C(=O)[O-])cc3OCCCCCCCCCCC(=O)[O-])c3nc(cc4ccc1[nH]4)C=C3)C=C2.[K+].[K+].[K+].[K+].[K+].[K+]. The van der Waals surface area contributed by atoms with Crippen LogP contribution in [0.5, 0.6) is 23.0 Å². The summed E-state index contributed by atoms with van der Waals surface area (Å²) >= 11 is 0. The van der Waals surface area contributed by atoms with Crippen molar-refractivity contribution in [1.29, 1.82) is 0 Å². The minimum Gasteiger partial charge on any atom is -0.550 e. The van der Waals surface area contributed by atoms with Crippen LogP contribution >= 0.6 is 0 Å². The number of carboxylic acids is 6. The zero-order valence-corrected chi connectivity index (χ0v) is 81.5. The maximum Gasteiger partial charge on any atom is 1.00 e. The van der Waals surface area contributed by atoms with Crippen LogP contribution in [-0.4, -0.2) is 82.2 Å². The summed E-state index contributed by atoms with van der Waals surface area (Å²) < 4.78 is 26.6. The van der Waals surface area contributed by atoms with Crippen LogP contribution in [0.15, 0.2) is 60.7 Å². The summed E-state index contributed by atoms with van der Waals surface area (Å²) in [4.78, 5) is 86.8. The Morgan fingerprint density at radius 3 is 0.750 bits per heavy atom. The summed E-state index contributed by atoms with van der Waals surface area (Å²) in [6.07, 6.45) is 35.1. The van der Waals surface area contributed by atoms with E-state index in [1.807, 2.05) is 60.7 Å². The van der Waals surface area contributed by atoms with Crippen LogP contribution in [0.25, 0.3) is 68.6 Å².